The summed E-state index contributed by atoms with van der Waals surface area (Å²) in [6, 6.07) is 6.82. The minimum absolute atomic E-state index is 0.0692. The highest BCUT2D eigenvalue weighted by Gasteiger charge is 2.32. The quantitative estimate of drug-likeness (QED) is 0.593. The van der Waals surface area contributed by atoms with Gasteiger partial charge in [-0.25, -0.2) is 0 Å². The number of likely N-dealkylation sites (tertiary alicyclic amines) is 1. The lowest BCUT2D eigenvalue weighted by Crippen LogP contribution is -2.46. The predicted octanol–water partition coefficient (Wildman–Crippen LogP) is 1.01. The van der Waals surface area contributed by atoms with Crippen molar-refractivity contribution < 1.29 is 23.9 Å². The Balaban J connectivity index is 1.54. The lowest BCUT2D eigenvalue weighted by molar-refractivity contribution is -0.154. The van der Waals surface area contributed by atoms with Gasteiger partial charge in [-0.3, -0.25) is 24.1 Å². The second-order valence-electron chi connectivity index (χ2n) is 6.87. The molecule has 138 valence electrons. The van der Waals surface area contributed by atoms with Crippen LogP contribution < -0.4 is 0 Å². The second-order valence-corrected chi connectivity index (χ2v) is 6.87. The maximum atomic E-state index is 12.4. The van der Waals surface area contributed by atoms with Crippen LogP contribution in [0.2, 0.25) is 0 Å². The van der Waals surface area contributed by atoms with Gasteiger partial charge in [0.05, 0.1) is 6.42 Å². The van der Waals surface area contributed by atoms with Gasteiger partial charge in [-0.05, 0) is 30.4 Å². The molecule has 0 unspecified atom stereocenters. The van der Waals surface area contributed by atoms with Gasteiger partial charge in [0.25, 0.3) is 11.8 Å². The number of carbonyl (C=O) groups excluding carboxylic acids is 4. The molecule has 2 aliphatic heterocycles. The Hall–Kier alpha value is -2.70. The third-order valence-corrected chi connectivity index (χ3v) is 4.79. The molecule has 0 aromatic heterocycles. The minimum atomic E-state index is -0.760. The Morgan fingerprint density at radius 2 is 2.00 bits per heavy atom. The van der Waals surface area contributed by atoms with Crippen molar-refractivity contribution in [2.24, 2.45) is 5.92 Å². The molecule has 1 fully saturated rings. The van der Waals surface area contributed by atoms with Crippen LogP contribution in [0.25, 0.3) is 0 Å². The smallest absolute Gasteiger partial charge is 0.326 e. The number of rotatable bonds is 4. The first-order valence-corrected chi connectivity index (χ1v) is 8.81. The van der Waals surface area contributed by atoms with E-state index in [9.17, 15) is 19.2 Å². The Morgan fingerprint density at radius 1 is 1.23 bits per heavy atom. The summed E-state index contributed by atoms with van der Waals surface area (Å²) in [5.41, 5.74) is 1.07. The van der Waals surface area contributed by atoms with Crippen molar-refractivity contribution in [3.63, 3.8) is 0 Å². The molecule has 7 heteroatoms. The molecule has 0 saturated carbocycles. The lowest BCUT2D eigenvalue weighted by Gasteiger charge is -2.30. The van der Waals surface area contributed by atoms with Crippen molar-refractivity contribution in [3.05, 3.63) is 35.4 Å². The number of nitrogens with zero attached hydrogens (tertiary/aromatic N) is 2. The summed E-state index contributed by atoms with van der Waals surface area (Å²) in [5, 5.41) is 0. The van der Waals surface area contributed by atoms with Gasteiger partial charge in [0, 0.05) is 18.7 Å². The molecule has 0 N–H and O–H groups in total. The monoisotopic (exact) mass is 358 g/mol. The van der Waals surface area contributed by atoms with Gasteiger partial charge in [0.15, 0.2) is 6.61 Å². The van der Waals surface area contributed by atoms with Gasteiger partial charge in [0.1, 0.15) is 6.54 Å². The summed E-state index contributed by atoms with van der Waals surface area (Å²) in [6.07, 6.45) is 2.10. The molecule has 1 saturated heterocycles. The summed E-state index contributed by atoms with van der Waals surface area (Å²) in [6.45, 7) is 2.57. The first-order chi connectivity index (χ1) is 12.5. The van der Waals surface area contributed by atoms with Gasteiger partial charge < -0.3 is 9.64 Å². The van der Waals surface area contributed by atoms with E-state index in [0.29, 0.717) is 30.1 Å². The van der Waals surface area contributed by atoms with E-state index in [0.717, 1.165) is 17.7 Å². The highest BCUT2D eigenvalue weighted by atomic mass is 16.5. The molecule has 0 aliphatic carbocycles. The molecular weight excluding hydrogens is 336 g/mol. The molecule has 1 aromatic rings. The molecular formula is C19H22N2O5. The van der Waals surface area contributed by atoms with Gasteiger partial charge in [-0.2, -0.15) is 0 Å². The number of hydrogen-bond acceptors (Lipinski definition) is 5. The van der Waals surface area contributed by atoms with Crippen LogP contribution >= 0.6 is 0 Å². The molecule has 1 aromatic carbocycles. The Kier molecular flexibility index (Phi) is 5.35. The maximum absolute atomic E-state index is 12.4. The third kappa shape index (κ3) is 3.92. The van der Waals surface area contributed by atoms with E-state index in [2.05, 4.69) is 6.92 Å². The van der Waals surface area contributed by atoms with Crippen LogP contribution in [0.15, 0.2) is 24.3 Å². The highest BCUT2D eigenvalue weighted by molar-refractivity contribution is 6.11. The molecule has 0 bridgehead atoms. The zero-order valence-electron chi connectivity index (χ0n) is 14.8. The van der Waals surface area contributed by atoms with E-state index in [-0.39, 0.29) is 18.9 Å². The second kappa shape index (κ2) is 7.68. The molecule has 7 nitrogen and oxygen atoms in total. The number of piperidine rings is 1. The first kappa shape index (κ1) is 18.1. The van der Waals surface area contributed by atoms with E-state index in [1.807, 2.05) is 0 Å². The standard InChI is InChI=1S/C19H22N2O5/c1-13-5-4-8-20(10-13)17(23)12-26-18(24)11-21-16(22)9-14-6-2-3-7-15(14)19(21)25/h2-3,6-7,13H,4-5,8-12H2,1H3/t13-/m0/s1. The van der Waals surface area contributed by atoms with E-state index >= 15 is 0 Å². The van der Waals surface area contributed by atoms with Crippen molar-refractivity contribution in [1.82, 2.24) is 9.80 Å². The number of amides is 3. The number of ether oxygens (including phenoxy) is 1. The fourth-order valence-corrected chi connectivity index (χ4v) is 3.38. The molecule has 2 heterocycles. The van der Waals surface area contributed by atoms with Gasteiger partial charge in [0.2, 0.25) is 5.91 Å². The summed E-state index contributed by atoms with van der Waals surface area (Å²) in [5.74, 6) is -1.52. The van der Waals surface area contributed by atoms with Gasteiger partial charge >= 0.3 is 5.97 Å². The molecule has 0 spiro atoms. The Morgan fingerprint density at radius 3 is 2.77 bits per heavy atom. The molecule has 1 atom stereocenters. The number of esters is 1. The van der Waals surface area contributed by atoms with Crippen molar-refractivity contribution in [3.8, 4) is 0 Å². The van der Waals surface area contributed by atoms with E-state index in [1.54, 1.807) is 29.2 Å². The summed E-state index contributed by atoms with van der Waals surface area (Å²) < 4.78 is 5.00. The zero-order valence-corrected chi connectivity index (χ0v) is 14.8. The fraction of sp³-hybridized carbons (Fsp3) is 0.474. The first-order valence-electron chi connectivity index (χ1n) is 8.81. The van der Waals surface area contributed by atoms with Crippen LogP contribution in [0.1, 0.15) is 35.7 Å². The van der Waals surface area contributed by atoms with Crippen LogP contribution in [0.3, 0.4) is 0 Å². The number of fused-ring (bicyclic) bond motifs is 1. The lowest BCUT2D eigenvalue weighted by atomic mass is 9.98. The van der Waals surface area contributed by atoms with Crippen LogP contribution in [0.5, 0.6) is 0 Å². The van der Waals surface area contributed by atoms with Gasteiger partial charge in [-0.1, -0.05) is 25.1 Å². The van der Waals surface area contributed by atoms with Crippen molar-refractivity contribution in [2.45, 2.75) is 26.2 Å². The zero-order chi connectivity index (χ0) is 18.7. The normalized spacial score (nSPS) is 20.0. The molecule has 3 amide bonds. The summed E-state index contributed by atoms with van der Waals surface area (Å²) >= 11 is 0. The number of hydrogen-bond donors (Lipinski definition) is 0. The molecule has 3 rings (SSSR count). The Bertz CT molecular complexity index is 745. The molecule has 0 radical (unpaired) electrons. The molecule has 2 aliphatic rings. The third-order valence-electron chi connectivity index (χ3n) is 4.79. The van der Waals surface area contributed by atoms with Crippen LogP contribution in [0, 0.1) is 5.92 Å². The summed E-state index contributed by atoms with van der Waals surface area (Å²) in [7, 11) is 0. The Labute approximate surface area is 151 Å². The van der Waals surface area contributed by atoms with E-state index in [4.69, 9.17) is 4.74 Å². The van der Waals surface area contributed by atoms with E-state index < -0.39 is 24.3 Å². The fourth-order valence-electron chi connectivity index (χ4n) is 3.38. The SMILES string of the molecule is C[C@H]1CCCN(C(=O)COC(=O)CN2C(=O)Cc3ccccc3C2=O)C1. The van der Waals surface area contributed by atoms with E-state index in [1.165, 1.54) is 0 Å². The van der Waals surface area contributed by atoms with Crippen molar-refractivity contribution in [1.29, 1.82) is 0 Å². The van der Waals surface area contributed by atoms with Gasteiger partial charge in [-0.15, -0.1) is 0 Å². The minimum Gasteiger partial charge on any atom is -0.454 e. The number of carbonyl (C=O) groups is 4. The van der Waals surface area contributed by atoms with Crippen LogP contribution in [-0.2, 0) is 25.5 Å². The number of benzene rings is 1. The topological polar surface area (TPSA) is 84.0 Å². The van der Waals surface area contributed by atoms with Crippen LogP contribution in [0.4, 0.5) is 0 Å². The largest absolute Gasteiger partial charge is 0.454 e. The highest BCUT2D eigenvalue weighted by Crippen LogP contribution is 2.19. The number of imide groups is 1. The predicted molar refractivity (Wildman–Crippen MR) is 92.1 cm³/mol. The van der Waals surface area contributed by atoms with Crippen molar-refractivity contribution >= 4 is 23.7 Å². The van der Waals surface area contributed by atoms with Crippen LogP contribution in [-0.4, -0.2) is 59.7 Å². The maximum Gasteiger partial charge on any atom is 0.326 e. The van der Waals surface area contributed by atoms with Crippen molar-refractivity contribution in [2.75, 3.05) is 26.2 Å². The average Bonchev–Trinajstić information content (AvgIpc) is 2.63. The summed E-state index contributed by atoms with van der Waals surface area (Å²) in [4.78, 5) is 51.3. The molecule has 26 heavy (non-hydrogen) atoms. The average molecular weight is 358 g/mol.